The summed E-state index contributed by atoms with van der Waals surface area (Å²) in [6.07, 6.45) is 5.26. The zero-order chi connectivity index (χ0) is 26.6. The average Bonchev–Trinajstić information content (AvgIpc) is 3.63. The Bertz CT molecular complexity index is 1660. The second kappa shape index (κ2) is 9.83. The van der Waals surface area contributed by atoms with E-state index in [1.165, 1.54) is 32.8 Å². The minimum absolute atomic E-state index is 0.291. The van der Waals surface area contributed by atoms with Crippen LogP contribution in [0.5, 0.6) is 0 Å². The van der Waals surface area contributed by atoms with Crippen LogP contribution in [0.3, 0.4) is 0 Å². The SMILES string of the molecule is CCN1C(=O)C(=c2sc(=Cc3ccc4c(c3)C3CCCC3N4c3ccccc3)c(=O)n2CC(=O)O)SC1=S. The lowest BCUT2D eigenvalue weighted by Crippen LogP contribution is -2.35. The maximum absolute atomic E-state index is 13.4. The number of carboxylic acid groups (broad SMARTS) is 1. The summed E-state index contributed by atoms with van der Waals surface area (Å²) in [5.74, 6) is -1.00. The van der Waals surface area contributed by atoms with Gasteiger partial charge in [-0.1, -0.05) is 54.7 Å². The van der Waals surface area contributed by atoms with E-state index in [4.69, 9.17) is 12.2 Å². The molecule has 0 radical (unpaired) electrons. The van der Waals surface area contributed by atoms with Crippen LogP contribution in [0, 0.1) is 0 Å². The van der Waals surface area contributed by atoms with Crippen LogP contribution in [-0.2, 0) is 16.1 Å². The summed E-state index contributed by atoms with van der Waals surface area (Å²) in [5.41, 5.74) is 4.15. The highest BCUT2D eigenvalue weighted by atomic mass is 32.2. The summed E-state index contributed by atoms with van der Waals surface area (Å²) < 4.78 is 2.32. The first-order chi connectivity index (χ1) is 18.4. The highest BCUT2D eigenvalue weighted by Crippen LogP contribution is 2.52. The topological polar surface area (TPSA) is 82.9 Å². The number of carbonyl (C=O) groups excluding carboxylic acids is 1. The number of nitrogens with zero attached hydrogens (tertiary/aromatic N) is 3. The molecular formula is C28H25N3O4S3. The number of fused-ring (bicyclic) bond motifs is 3. The maximum atomic E-state index is 13.4. The lowest BCUT2D eigenvalue weighted by Gasteiger charge is -2.27. The minimum atomic E-state index is -1.14. The number of aromatic nitrogens is 1. The van der Waals surface area contributed by atoms with Crippen molar-refractivity contribution < 1.29 is 14.7 Å². The first kappa shape index (κ1) is 25.1. The van der Waals surface area contributed by atoms with Gasteiger partial charge in [0, 0.05) is 29.9 Å². The van der Waals surface area contributed by atoms with Gasteiger partial charge in [-0.2, -0.15) is 0 Å². The molecule has 0 spiro atoms. The highest BCUT2D eigenvalue weighted by Gasteiger charge is 2.42. The van der Waals surface area contributed by atoms with E-state index in [1.54, 1.807) is 0 Å². The predicted molar refractivity (Wildman–Crippen MR) is 155 cm³/mol. The fourth-order valence-corrected chi connectivity index (χ4v) is 8.45. The van der Waals surface area contributed by atoms with E-state index in [0.29, 0.717) is 36.9 Å². The van der Waals surface area contributed by atoms with Gasteiger partial charge in [0.15, 0.2) is 0 Å². The zero-order valence-corrected chi connectivity index (χ0v) is 23.1. The molecule has 1 aromatic heterocycles. The van der Waals surface area contributed by atoms with E-state index >= 15 is 0 Å². The Morgan fingerprint density at radius 3 is 2.66 bits per heavy atom. The average molecular weight is 564 g/mol. The van der Waals surface area contributed by atoms with Crippen LogP contribution in [0.4, 0.5) is 11.4 Å². The van der Waals surface area contributed by atoms with Crippen molar-refractivity contribution in [2.45, 2.75) is 44.7 Å². The van der Waals surface area contributed by atoms with Crippen LogP contribution in [0.2, 0.25) is 0 Å². The van der Waals surface area contributed by atoms with Gasteiger partial charge >= 0.3 is 5.97 Å². The molecule has 2 fully saturated rings. The number of hydrogen-bond donors (Lipinski definition) is 1. The van der Waals surface area contributed by atoms with E-state index in [-0.39, 0.29) is 5.91 Å². The molecule has 38 heavy (non-hydrogen) atoms. The Labute approximate surface area is 232 Å². The molecule has 3 aromatic rings. The molecule has 10 heteroatoms. The second-order valence-corrected chi connectivity index (χ2v) is 12.3. The number of thiocarbonyl (C=S) groups is 1. The number of anilines is 2. The molecule has 1 amide bonds. The van der Waals surface area contributed by atoms with Gasteiger partial charge in [-0.15, -0.1) is 11.3 Å². The van der Waals surface area contributed by atoms with Crippen molar-refractivity contribution in [3.63, 3.8) is 0 Å². The predicted octanol–water partition coefficient (Wildman–Crippen LogP) is 3.60. The molecule has 2 aliphatic heterocycles. The third-order valence-electron chi connectivity index (χ3n) is 7.41. The lowest BCUT2D eigenvalue weighted by molar-refractivity contribution is -0.137. The zero-order valence-electron chi connectivity index (χ0n) is 20.6. The summed E-state index contributed by atoms with van der Waals surface area (Å²) >= 11 is 7.60. The van der Waals surface area contributed by atoms with E-state index < -0.39 is 18.1 Å². The molecule has 2 aromatic carbocycles. The molecule has 1 N–H and O–H groups in total. The first-order valence-corrected chi connectivity index (χ1v) is 14.6. The number of benzene rings is 2. The number of thioether (sulfide) groups is 1. The van der Waals surface area contributed by atoms with E-state index in [1.807, 2.05) is 25.1 Å². The standard InChI is InChI=1S/C28H25N3O4S3/c1-2-29-26(35)24(38-28(29)36)27-30(15-23(32)33)25(34)22(37-27)14-16-11-12-21-19(13-16)18-9-6-10-20(18)31(21)17-7-4-3-5-8-17/h3-5,7-8,11-14,18,20H,2,6,9-10,15H2,1H3,(H,32,33). The van der Waals surface area contributed by atoms with Crippen molar-refractivity contribution in [2.24, 2.45) is 0 Å². The minimum Gasteiger partial charge on any atom is -0.480 e. The number of rotatable bonds is 5. The summed E-state index contributed by atoms with van der Waals surface area (Å²) in [6, 6.07) is 17.2. The Kier molecular flexibility index (Phi) is 6.49. The van der Waals surface area contributed by atoms with Crippen LogP contribution in [0.1, 0.15) is 43.2 Å². The van der Waals surface area contributed by atoms with E-state index in [0.717, 1.165) is 41.5 Å². The van der Waals surface area contributed by atoms with Crippen molar-refractivity contribution >= 4 is 73.9 Å². The van der Waals surface area contributed by atoms with E-state index in [9.17, 15) is 19.5 Å². The quantitative estimate of drug-likeness (QED) is 0.475. The van der Waals surface area contributed by atoms with Crippen LogP contribution in [0.25, 0.3) is 11.0 Å². The molecule has 1 aliphatic carbocycles. The first-order valence-electron chi connectivity index (χ1n) is 12.6. The van der Waals surface area contributed by atoms with Gasteiger partial charge < -0.3 is 10.0 Å². The fraction of sp³-hybridized carbons (Fsp3) is 0.286. The molecule has 1 saturated carbocycles. The molecule has 2 atom stereocenters. The van der Waals surface area contributed by atoms with Crippen molar-refractivity contribution in [2.75, 3.05) is 11.4 Å². The summed E-state index contributed by atoms with van der Waals surface area (Å²) in [6.45, 7) is 1.72. The van der Waals surface area contributed by atoms with Gasteiger partial charge in [0.2, 0.25) is 0 Å². The number of para-hydroxylation sites is 1. The molecule has 1 saturated heterocycles. The Hall–Kier alpha value is -3.21. The smallest absolute Gasteiger partial charge is 0.323 e. The fourth-order valence-electron chi connectivity index (χ4n) is 5.81. The molecule has 194 valence electrons. The molecule has 0 bridgehead atoms. The molecule has 2 unspecified atom stereocenters. The number of hydrogen-bond acceptors (Lipinski definition) is 7. The Morgan fingerprint density at radius 1 is 1.16 bits per heavy atom. The van der Waals surface area contributed by atoms with Crippen molar-refractivity contribution in [1.29, 1.82) is 0 Å². The molecule has 7 nitrogen and oxygen atoms in total. The second-order valence-electron chi connectivity index (χ2n) is 9.58. The largest absolute Gasteiger partial charge is 0.480 e. The van der Waals surface area contributed by atoms with Crippen molar-refractivity contribution in [3.8, 4) is 0 Å². The maximum Gasteiger partial charge on any atom is 0.323 e. The monoisotopic (exact) mass is 563 g/mol. The summed E-state index contributed by atoms with van der Waals surface area (Å²) in [5, 5.41) is 9.48. The van der Waals surface area contributed by atoms with E-state index in [2.05, 4.69) is 41.3 Å². The molecular weight excluding hydrogens is 539 g/mol. The van der Waals surface area contributed by atoms with Gasteiger partial charge in [0.05, 0.1) is 4.53 Å². The highest BCUT2D eigenvalue weighted by molar-refractivity contribution is 8.30. The third-order valence-corrected chi connectivity index (χ3v) is 10.1. The number of thiazole rings is 1. The van der Waals surface area contributed by atoms with Crippen LogP contribution >= 0.6 is 35.3 Å². The number of aliphatic carboxylic acids is 1. The Balaban J connectivity index is 1.47. The van der Waals surface area contributed by atoms with Gasteiger partial charge in [-0.25, -0.2) is 0 Å². The van der Waals surface area contributed by atoms with Crippen LogP contribution in [0.15, 0.2) is 53.3 Å². The summed E-state index contributed by atoms with van der Waals surface area (Å²) in [4.78, 5) is 42.1. The molecule has 3 heterocycles. The van der Waals surface area contributed by atoms with Crippen molar-refractivity contribution in [3.05, 3.63) is 79.2 Å². The Morgan fingerprint density at radius 2 is 1.95 bits per heavy atom. The summed E-state index contributed by atoms with van der Waals surface area (Å²) in [7, 11) is 0. The van der Waals surface area contributed by atoms with Gasteiger partial charge in [0.25, 0.3) is 11.5 Å². The lowest BCUT2D eigenvalue weighted by atomic mass is 9.96. The molecule has 3 aliphatic rings. The van der Waals surface area contributed by atoms with Gasteiger partial charge in [-0.3, -0.25) is 23.9 Å². The van der Waals surface area contributed by atoms with Crippen LogP contribution in [-0.4, -0.2) is 43.4 Å². The van der Waals surface area contributed by atoms with Crippen molar-refractivity contribution in [1.82, 2.24) is 9.47 Å². The molecule has 6 rings (SSSR count). The van der Waals surface area contributed by atoms with Gasteiger partial charge in [-0.05, 0) is 61.2 Å². The third kappa shape index (κ3) is 4.11. The van der Waals surface area contributed by atoms with Gasteiger partial charge in [0.1, 0.15) is 20.4 Å². The normalized spacial score (nSPS) is 22.4. The number of amides is 1. The number of carboxylic acids is 1. The van der Waals surface area contributed by atoms with Crippen LogP contribution < -0.4 is 19.7 Å². The number of carbonyl (C=O) groups is 2.